The summed E-state index contributed by atoms with van der Waals surface area (Å²) in [6, 6.07) is 6.75. The molecule has 2 saturated heterocycles. The molecule has 36 heavy (non-hydrogen) atoms. The first kappa shape index (κ1) is 27.5. The van der Waals surface area contributed by atoms with Gasteiger partial charge in [0.25, 0.3) is 0 Å². The first-order valence-corrected chi connectivity index (χ1v) is 12.9. The number of hydrogen-bond acceptors (Lipinski definition) is 5. The van der Waals surface area contributed by atoms with Gasteiger partial charge in [0.05, 0.1) is 0 Å². The first-order valence-electron chi connectivity index (χ1n) is 12.9. The quantitative estimate of drug-likeness (QED) is 0.625. The van der Waals surface area contributed by atoms with Crippen LogP contribution in [-0.2, 0) is 25.7 Å². The van der Waals surface area contributed by atoms with E-state index in [4.69, 9.17) is 4.74 Å². The van der Waals surface area contributed by atoms with Crippen LogP contribution in [0, 0.1) is 12.8 Å². The third-order valence-corrected chi connectivity index (χ3v) is 6.68. The number of ether oxygens (including phenoxy) is 1. The van der Waals surface area contributed by atoms with Gasteiger partial charge in [-0.2, -0.15) is 0 Å². The van der Waals surface area contributed by atoms with Gasteiger partial charge in [-0.05, 0) is 65.9 Å². The van der Waals surface area contributed by atoms with Crippen LogP contribution < -0.4 is 10.6 Å². The van der Waals surface area contributed by atoms with Crippen molar-refractivity contribution in [3.05, 3.63) is 35.4 Å². The number of aryl methyl sites for hydroxylation is 1. The Kier molecular flexibility index (Phi) is 8.98. The van der Waals surface area contributed by atoms with Crippen molar-refractivity contribution in [1.29, 1.82) is 0 Å². The molecule has 2 N–H and O–H groups in total. The van der Waals surface area contributed by atoms with Crippen LogP contribution in [0.1, 0.15) is 64.5 Å². The molecule has 2 atom stereocenters. The predicted octanol–water partition coefficient (Wildman–Crippen LogP) is 2.75. The number of rotatable bonds is 6. The molecule has 0 bridgehead atoms. The van der Waals surface area contributed by atoms with Gasteiger partial charge in [0.15, 0.2) is 0 Å². The van der Waals surface area contributed by atoms with Gasteiger partial charge in [0.1, 0.15) is 17.7 Å². The molecule has 0 aliphatic carbocycles. The molecular formula is C27H40N4O5. The fourth-order valence-electron chi connectivity index (χ4n) is 4.58. The van der Waals surface area contributed by atoms with E-state index in [1.54, 1.807) is 11.8 Å². The highest BCUT2D eigenvalue weighted by Gasteiger charge is 2.40. The lowest BCUT2D eigenvalue weighted by Gasteiger charge is -2.35. The van der Waals surface area contributed by atoms with Crippen LogP contribution in [0.15, 0.2) is 24.3 Å². The van der Waals surface area contributed by atoms with Crippen molar-refractivity contribution in [3.63, 3.8) is 0 Å². The summed E-state index contributed by atoms with van der Waals surface area (Å²) in [5, 5.41) is 5.67. The van der Waals surface area contributed by atoms with Crippen molar-refractivity contribution < 1.29 is 23.9 Å². The highest BCUT2D eigenvalue weighted by Crippen LogP contribution is 2.25. The molecule has 0 saturated carbocycles. The normalized spacial score (nSPS) is 19.5. The fourth-order valence-corrected chi connectivity index (χ4v) is 4.58. The van der Waals surface area contributed by atoms with Crippen molar-refractivity contribution in [3.8, 4) is 0 Å². The van der Waals surface area contributed by atoms with Crippen LogP contribution in [0.5, 0.6) is 0 Å². The predicted molar refractivity (Wildman–Crippen MR) is 136 cm³/mol. The van der Waals surface area contributed by atoms with E-state index in [1.165, 1.54) is 4.90 Å². The summed E-state index contributed by atoms with van der Waals surface area (Å²) in [5.74, 6) is -0.746. The summed E-state index contributed by atoms with van der Waals surface area (Å²) in [5.41, 5.74) is 1.53. The fraction of sp³-hybridized carbons (Fsp3) is 0.630. The smallest absolute Gasteiger partial charge is 0.410 e. The van der Waals surface area contributed by atoms with Crippen molar-refractivity contribution in [1.82, 2.24) is 20.4 Å². The van der Waals surface area contributed by atoms with Crippen molar-refractivity contribution in [2.75, 3.05) is 19.6 Å². The molecule has 9 nitrogen and oxygen atoms in total. The number of amides is 4. The first-order chi connectivity index (χ1) is 16.9. The van der Waals surface area contributed by atoms with Gasteiger partial charge in [-0.3, -0.25) is 19.3 Å². The zero-order valence-corrected chi connectivity index (χ0v) is 22.1. The van der Waals surface area contributed by atoms with Crippen LogP contribution in [0.25, 0.3) is 0 Å². The maximum absolute atomic E-state index is 13.2. The minimum Gasteiger partial charge on any atom is -0.444 e. The van der Waals surface area contributed by atoms with Gasteiger partial charge in [-0.25, -0.2) is 4.79 Å². The van der Waals surface area contributed by atoms with E-state index in [1.807, 2.05) is 52.0 Å². The molecule has 2 aliphatic rings. The molecule has 0 spiro atoms. The van der Waals surface area contributed by atoms with Gasteiger partial charge in [-0.15, -0.1) is 0 Å². The summed E-state index contributed by atoms with van der Waals surface area (Å²) in [4.78, 5) is 54.2. The minimum atomic E-state index is -0.650. The van der Waals surface area contributed by atoms with E-state index in [0.717, 1.165) is 17.5 Å². The zero-order valence-electron chi connectivity index (χ0n) is 22.1. The number of carbonyl (C=O) groups excluding carboxylic acids is 4. The average Bonchev–Trinajstić information content (AvgIpc) is 3.32. The van der Waals surface area contributed by atoms with Crippen molar-refractivity contribution >= 4 is 23.8 Å². The standard InChI is InChI=1S/C27H40N4O5/c1-18-8-10-20(11-9-18)17-28-23(32)19(2)29-24(33)21-12-15-30(16-13-21)25(34)22-7-6-14-31(22)26(35)36-27(3,4)5/h8-11,19,21-22H,6-7,12-17H2,1-5H3,(H,28,32)(H,29,33)/t19-,22-/m0/s1. The summed E-state index contributed by atoms with van der Waals surface area (Å²) < 4.78 is 5.47. The molecule has 0 unspecified atom stereocenters. The third-order valence-electron chi connectivity index (χ3n) is 6.68. The molecule has 198 valence electrons. The Labute approximate surface area is 213 Å². The Balaban J connectivity index is 1.44. The molecule has 9 heteroatoms. The largest absolute Gasteiger partial charge is 0.444 e. The molecule has 2 aliphatic heterocycles. The Morgan fingerprint density at radius 3 is 2.28 bits per heavy atom. The number of nitrogens with one attached hydrogen (secondary N) is 2. The lowest BCUT2D eigenvalue weighted by atomic mass is 9.95. The van der Waals surface area contributed by atoms with Gasteiger partial charge in [-0.1, -0.05) is 29.8 Å². The Morgan fingerprint density at radius 2 is 1.67 bits per heavy atom. The maximum Gasteiger partial charge on any atom is 0.410 e. The van der Waals surface area contributed by atoms with Crippen LogP contribution in [-0.4, -0.2) is 70.9 Å². The van der Waals surface area contributed by atoms with Crippen LogP contribution in [0.3, 0.4) is 0 Å². The van der Waals surface area contributed by atoms with Gasteiger partial charge in [0.2, 0.25) is 17.7 Å². The van der Waals surface area contributed by atoms with Crippen LogP contribution >= 0.6 is 0 Å². The number of carbonyl (C=O) groups is 4. The maximum atomic E-state index is 13.2. The number of piperidine rings is 1. The summed E-state index contributed by atoms with van der Waals surface area (Å²) in [6.07, 6.45) is 1.97. The molecule has 2 fully saturated rings. The highest BCUT2D eigenvalue weighted by atomic mass is 16.6. The molecule has 1 aromatic carbocycles. The number of hydrogen-bond donors (Lipinski definition) is 2. The highest BCUT2D eigenvalue weighted by molar-refractivity contribution is 5.89. The Bertz CT molecular complexity index is 948. The summed E-state index contributed by atoms with van der Waals surface area (Å²) >= 11 is 0. The lowest BCUT2D eigenvalue weighted by Crippen LogP contribution is -2.52. The second-order valence-corrected chi connectivity index (χ2v) is 10.9. The van der Waals surface area contributed by atoms with E-state index < -0.39 is 23.8 Å². The lowest BCUT2D eigenvalue weighted by molar-refractivity contribution is -0.139. The van der Waals surface area contributed by atoms with Crippen LogP contribution in [0.4, 0.5) is 4.79 Å². The number of likely N-dealkylation sites (tertiary alicyclic amines) is 2. The monoisotopic (exact) mass is 500 g/mol. The molecule has 1 aromatic rings. The van der Waals surface area contributed by atoms with E-state index in [-0.39, 0.29) is 23.6 Å². The Morgan fingerprint density at radius 1 is 1.03 bits per heavy atom. The topological polar surface area (TPSA) is 108 Å². The zero-order chi connectivity index (χ0) is 26.5. The molecular weight excluding hydrogens is 460 g/mol. The van der Waals surface area contributed by atoms with Crippen molar-refractivity contribution in [2.24, 2.45) is 5.92 Å². The minimum absolute atomic E-state index is 0.0823. The van der Waals surface area contributed by atoms with Gasteiger partial charge >= 0.3 is 6.09 Å². The molecule has 3 rings (SSSR count). The second-order valence-electron chi connectivity index (χ2n) is 10.9. The second kappa shape index (κ2) is 11.8. The van der Waals surface area contributed by atoms with E-state index in [0.29, 0.717) is 45.4 Å². The van der Waals surface area contributed by atoms with Gasteiger partial charge in [0, 0.05) is 32.1 Å². The number of nitrogens with zero attached hydrogens (tertiary/aromatic N) is 2. The van der Waals surface area contributed by atoms with E-state index in [9.17, 15) is 19.2 Å². The van der Waals surface area contributed by atoms with Gasteiger partial charge < -0.3 is 20.3 Å². The molecule has 2 heterocycles. The Hall–Kier alpha value is -3.10. The van der Waals surface area contributed by atoms with E-state index in [2.05, 4.69) is 10.6 Å². The molecule has 0 radical (unpaired) electrons. The summed E-state index contributed by atoms with van der Waals surface area (Å²) in [7, 11) is 0. The number of benzene rings is 1. The molecule has 4 amide bonds. The molecule has 0 aromatic heterocycles. The van der Waals surface area contributed by atoms with Crippen molar-refractivity contribution in [2.45, 2.75) is 84.5 Å². The SMILES string of the molecule is Cc1ccc(CNC(=O)[C@H](C)NC(=O)C2CCN(C(=O)[C@@H]3CCCN3C(=O)OC(C)(C)C)CC2)cc1. The van der Waals surface area contributed by atoms with Crippen LogP contribution in [0.2, 0.25) is 0 Å². The summed E-state index contributed by atoms with van der Waals surface area (Å²) in [6.45, 7) is 10.9. The third kappa shape index (κ3) is 7.45. The van der Waals surface area contributed by atoms with E-state index >= 15 is 0 Å². The average molecular weight is 501 g/mol.